The molecule has 0 saturated carbocycles. The van der Waals surface area contributed by atoms with Crippen LogP contribution in [0.25, 0.3) is 21.7 Å². The largest absolute Gasteiger partial charge is 0.504 e. The average molecular weight is 508 g/mol. The zero-order valence-corrected chi connectivity index (χ0v) is 19.7. The number of azo groups is 1. The van der Waals surface area contributed by atoms with Crippen LogP contribution in [0.1, 0.15) is 28.5 Å². The number of aromatic nitrogens is 1. The van der Waals surface area contributed by atoms with E-state index in [9.17, 15) is 9.90 Å². The van der Waals surface area contributed by atoms with Crippen molar-refractivity contribution >= 4 is 55.2 Å². The number of benzene rings is 3. The van der Waals surface area contributed by atoms with Gasteiger partial charge in [0, 0.05) is 27.5 Å². The highest BCUT2D eigenvalue weighted by Gasteiger charge is 2.28. The van der Waals surface area contributed by atoms with Gasteiger partial charge in [0.1, 0.15) is 5.69 Å². The molecule has 1 heterocycles. The highest BCUT2D eigenvalue weighted by molar-refractivity contribution is 9.10. The predicted octanol–water partition coefficient (Wildman–Crippen LogP) is 5.77. The van der Waals surface area contributed by atoms with E-state index in [4.69, 9.17) is 15.9 Å². The van der Waals surface area contributed by atoms with Gasteiger partial charge in [0.2, 0.25) is 5.96 Å². The van der Waals surface area contributed by atoms with E-state index < -0.39 is 11.9 Å². The number of nitrogens with zero attached hydrogens (tertiary/aromatic N) is 3. The molecule has 8 nitrogen and oxygen atoms in total. The molecule has 0 unspecified atom stereocenters. The van der Waals surface area contributed by atoms with Gasteiger partial charge in [-0.3, -0.25) is 5.41 Å². The Labute approximate surface area is 198 Å². The van der Waals surface area contributed by atoms with Crippen LogP contribution in [-0.4, -0.2) is 28.2 Å². The number of hydrogen-bond donors (Lipinski definition) is 3. The number of esters is 1. The second-order valence-corrected chi connectivity index (χ2v) is 8.36. The van der Waals surface area contributed by atoms with Crippen molar-refractivity contribution in [3.05, 3.63) is 69.8 Å². The second-order valence-electron chi connectivity index (χ2n) is 7.45. The van der Waals surface area contributed by atoms with Crippen molar-refractivity contribution in [3.8, 4) is 5.75 Å². The number of ether oxygens (including phenoxy) is 1. The van der Waals surface area contributed by atoms with Gasteiger partial charge in [-0.05, 0) is 36.9 Å². The third kappa shape index (κ3) is 4.07. The molecule has 4 N–H and O–H groups in total. The molecule has 4 rings (SSSR count). The number of rotatable bonds is 5. The van der Waals surface area contributed by atoms with Crippen molar-refractivity contribution < 1.29 is 14.6 Å². The Morgan fingerprint density at radius 3 is 2.61 bits per heavy atom. The quantitative estimate of drug-likeness (QED) is 0.137. The minimum atomic E-state index is -0.484. The summed E-state index contributed by atoms with van der Waals surface area (Å²) < 4.78 is 8.04. The lowest BCUT2D eigenvalue weighted by Crippen LogP contribution is -2.08. The van der Waals surface area contributed by atoms with Crippen molar-refractivity contribution in [2.75, 3.05) is 6.61 Å². The highest BCUT2D eigenvalue weighted by Crippen LogP contribution is 2.47. The number of hydrogen-bond acceptors (Lipinski definition) is 5. The zero-order valence-electron chi connectivity index (χ0n) is 18.1. The Hall–Kier alpha value is -3.72. The molecule has 0 aliphatic rings. The standard InChI is InChI=1S/C24H22BrN5O3/c1-3-33-23(32)18-13(2)30(12-14-7-5-4-6-8-14)21-19(18)17-11-15(25)9-10-16(17)20(22(21)31)28-29-24(26)27/h4-11,31H,3,12H2,1-2H3,(H3,26,27). The number of carbonyl (C=O) groups is 1. The van der Waals surface area contributed by atoms with Gasteiger partial charge in [0.15, 0.2) is 5.75 Å². The monoisotopic (exact) mass is 507 g/mol. The molecule has 0 radical (unpaired) electrons. The van der Waals surface area contributed by atoms with Gasteiger partial charge in [-0.1, -0.05) is 52.3 Å². The van der Waals surface area contributed by atoms with Crippen molar-refractivity contribution in [2.45, 2.75) is 20.4 Å². The summed E-state index contributed by atoms with van der Waals surface area (Å²) in [7, 11) is 0. The molecule has 0 aliphatic carbocycles. The minimum absolute atomic E-state index is 0.153. The van der Waals surface area contributed by atoms with Gasteiger partial charge in [0.25, 0.3) is 0 Å². The molecule has 0 saturated heterocycles. The fourth-order valence-electron chi connectivity index (χ4n) is 4.04. The number of aromatic hydroxyl groups is 1. The molecular weight excluding hydrogens is 486 g/mol. The summed E-state index contributed by atoms with van der Waals surface area (Å²) in [4.78, 5) is 13.1. The SMILES string of the molecule is CCOC(=O)c1c(C)n(Cc2ccccc2)c2c(O)c(N=NC(=N)N)c3ccc(Br)cc3c12. The van der Waals surface area contributed by atoms with Gasteiger partial charge in [-0.2, -0.15) is 0 Å². The fourth-order valence-corrected chi connectivity index (χ4v) is 4.40. The lowest BCUT2D eigenvalue weighted by Gasteiger charge is -2.12. The maximum atomic E-state index is 13.1. The number of carbonyl (C=O) groups excluding carboxylic acids is 1. The number of guanidine groups is 1. The van der Waals surface area contributed by atoms with Crippen LogP contribution < -0.4 is 5.73 Å². The summed E-state index contributed by atoms with van der Waals surface area (Å²) in [5.74, 6) is -1.10. The molecular formula is C24H22BrN5O3. The Morgan fingerprint density at radius 1 is 1.21 bits per heavy atom. The van der Waals surface area contributed by atoms with E-state index in [2.05, 4.69) is 26.2 Å². The predicted molar refractivity (Wildman–Crippen MR) is 131 cm³/mol. The van der Waals surface area contributed by atoms with Crippen LogP contribution in [0.4, 0.5) is 5.69 Å². The summed E-state index contributed by atoms with van der Waals surface area (Å²) in [6.45, 7) is 4.22. The summed E-state index contributed by atoms with van der Waals surface area (Å²) in [5, 5.41) is 28.3. The summed E-state index contributed by atoms with van der Waals surface area (Å²) in [6, 6.07) is 15.2. The van der Waals surface area contributed by atoms with E-state index >= 15 is 0 Å². The van der Waals surface area contributed by atoms with Crippen LogP contribution in [0.15, 0.2) is 63.2 Å². The Balaban J connectivity index is 2.17. The number of nitrogens with two attached hydrogens (primary N) is 1. The molecule has 4 aromatic rings. The second kappa shape index (κ2) is 9.03. The number of halogens is 1. The summed E-state index contributed by atoms with van der Waals surface area (Å²) in [5.41, 5.74) is 8.01. The Morgan fingerprint density at radius 2 is 1.94 bits per heavy atom. The van der Waals surface area contributed by atoms with Crippen LogP contribution in [0, 0.1) is 12.3 Å². The van der Waals surface area contributed by atoms with Crippen molar-refractivity contribution in [1.29, 1.82) is 5.41 Å². The molecule has 0 bridgehead atoms. The smallest absolute Gasteiger partial charge is 0.340 e. The zero-order chi connectivity index (χ0) is 23.7. The number of fused-ring (bicyclic) bond motifs is 3. The van der Waals surface area contributed by atoms with Crippen LogP contribution in [0.5, 0.6) is 5.75 Å². The molecule has 0 spiro atoms. The van der Waals surface area contributed by atoms with Crippen molar-refractivity contribution in [2.24, 2.45) is 16.0 Å². The molecule has 0 amide bonds. The van der Waals surface area contributed by atoms with Crippen LogP contribution >= 0.6 is 15.9 Å². The van der Waals surface area contributed by atoms with Crippen LogP contribution in [0.2, 0.25) is 0 Å². The molecule has 168 valence electrons. The van der Waals surface area contributed by atoms with Gasteiger partial charge in [-0.15, -0.1) is 10.2 Å². The van der Waals surface area contributed by atoms with Gasteiger partial charge < -0.3 is 20.1 Å². The Kier molecular flexibility index (Phi) is 6.15. The topological polar surface area (TPSA) is 126 Å². The summed E-state index contributed by atoms with van der Waals surface area (Å²) in [6.07, 6.45) is 0. The van der Waals surface area contributed by atoms with E-state index in [1.54, 1.807) is 19.1 Å². The van der Waals surface area contributed by atoms with Gasteiger partial charge in [0.05, 0.1) is 17.7 Å². The highest BCUT2D eigenvalue weighted by atomic mass is 79.9. The molecule has 9 heteroatoms. The molecule has 33 heavy (non-hydrogen) atoms. The molecule has 0 fully saturated rings. The first kappa shape index (κ1) is 22.5. The van der Waals surface area contributed by atoms with E-state index in [1.807, 2.05) is 47.9 Å². The van der Waals surface area contributed by atoms with E-state index in [-0.39, 0.29) is 18.0 Å². The lowest BCUT2D eigenvalue weighted by molar-refractivity contribution is 0.0527. The van der Waals surface area contributed by atoms with Gasteiger partial charge in [-0.25, -0.2) is 4.79 Å². The van der Waals surface area contributed by atoms with Crippen molar-refractivity contribution in [3.63, 3.8) is 0 Å². The molecule has 0 atom stereocenters. The number of nitrogens with one attached hydrogen (secondary N) is 1. The van der Waals surface area contributed by atoms with Crippen molar-refractivity contribution in [1.82, 2.24) is 4.57 Å². The lowest BCUT2D eigenvalue weighted by atomic mass is 10.0. The fraction of sp³-hybridized carbons (Fsp3) is 0.167. The number of phenols is 1. The molecule has 0 aliphatic heterocycles. The third-order valence-corrected chi connectivity index (χ3v) is 5.89. The first-order chi connectivity index (χ1) is 15.8. The van der Waals surface area contributed by atoms with E-state index in [0.717, 1.165) is 10.0 Å². The first-order valence-corrected chi connectivity index (χ1v) is 11.1. The third-order valence-electron chi connectivity index (χ3n) is 5.40. The van der Waals surface area contributed by atoms with E-state index in [1.165, 1.54) is 0 Å². The van der Waals surface area contributed by atoms with E-state index in [0.29, 0.717) is 39.5 Å². The maximum absolute atomic E-state index is 13.1. The maximum Gasteiger partial charge on any atom is 0.340 e. The van der Waals surface area contributed by atoms with Crippen LogP contribution in [-0.2, 0) is 11.3 Å². The van der Waals surface area contributed by atoms with Crippen LogP contribution in [0.3, 0.4) is 0 Å². The molecule has 3 aromatic carbocycles. The normalized spacial score (nSPS) is 11.5. The first-order valence-electron chi connectivity index (χ1n) is 10.3. The summed E-state index contributed by atoms with van der Waals surface area (Å²) >= 11 is 3.50. The number of phenolic OH excluding ortho intramolecular Hbond substituents is 1. The average Bonchev–Trinajstić information content (AvgIpc) is 3.07. The molecule has 1 aromatic heterocycles. The minimum Gasteiger partial charge on any atom is -0.504 e. The Bertz CT molecular complexity index is 1430. The van der Waals surface area contributed by atoms with Gasteiger partial charge >= 0.3 is 5.97 Å².